The lowest BCUT2D eigenvalue weighted by molar-refractivity contribution is 0.0600. The van der Waals surface area contributed by atoms with Crippen molar-refractivity contribution in [3.8, 4) is 0 Å². The van der Waals surface area contributed by atoms with Gasteiger partial charge in [0.05, 0.1) is 37.3 Å². The summed E-state index contributed by atoms with van der Waals surface area (Å²) in [7, 11) is 1.34. The molecule has 0 aromatic heterocycles. The first-order valence-electron chi connectivity index (χ1n) is 8.92. The molecule has 1 heterocycles. The van der Waals surface area contributed by atoms with E-state index in [0.29, 0.717) is 30.0 Å². The summed E-state index contributed by atoms with van der Waals surface area (Å²) in [5.41, 5.74) is 4.48. The normalized spacial score (nSPS) is 14.0. The van der Waals surface area contributed by atoms with Gasteiger partial charge in [0.25, 0.3) is 5.91 Å². The molecule has 0 spiro atoms. The molecular formula is C21H24N2O4. The van der Waals surface area contributed by atoms with Gasteiger partial charge in [0.1, 0.15) is 0 Å². The number of methoxy groups -OCH3 is 1. The van der Waals surface area contributed by atoms with Crippen LogP contribution in [0, 0.1) is 13.8 Å². The summed E-state index contributed by atoms with van der Waals surface area (Å²) >= 11 is 0. The first-order valence-corrected chi connectivity index (χ1v) is 8.92. The van der Waals surface area contributed by atoms with Crippen LogP contribution < -0.4 is 10.2 Å². The SMILES string of the molecule is COC(=O)c1ccc(N2CCOCC2)c(NC(=O)c2cc(C)cc(C)c2)c1. The van der Waals surface area contributed by atoms with E-state index in [1.807, 2.05) is 38.1 Å². The molecule has 6 nitrogen and oxygen atoms in total. The zero-order chi connectivity index (χ0) is 19.4. The average Bonchev–Trinajstić information content (AvgIpc) is 2.67. The summed E-state index contributed by atoms with van der Waals surface area (Å²) in [6.45, 7) is 6.63. The number of hydrogen-bond donors (Lipinski definition) is 1. The monoisotopic (exact) mass is 368 g/mol. The molecule has 6 heteroatoms. The van der Waals surface area contributed by atoms with Gasteiger partial charge in [0.2, 0.25) is 0 Å². The van der Waals surface area contributed by atoms with Crippen molar-refractivity contribution in [1.82, 2.24) is 0 Å². The van der Waals surface area contributed by atoms with E-state index in [9.17, 15) is 9.59 Å². The van der Waals surface area contributed by atoms with Gasteiger partial charge in [-0.05, 0) is 44.2 Å². The van der Waals surface area contributed by atoms with Gasteiger partial charge in [0.15, 0.2) is 0 Å². The van der Waals surface area contributed by atoms with E-state index in [1.165, 1.54) is 7.11 Å². The fraction of sp³-hybridized carbons (Fsp3) is 0.333. The van der Waals surface area contributed by atoms with Crippen molar-refractivity contribution in [2.24, 2.45) is 0 Å². The number of ether oxygens (including phenoxy) is 2. The molecule has 3 rings (SSSR count). The van der Waals surface area contributed by atoms with E-state index in [0.717, 1.165) is 29.9 Å². The van der Waals surface area contributed by atoms with Crippen LogP contribution in [-0.4, -0.2) is 45.3 Å². The molecule has 1 fully saturated rings. The Morgan fingerprint density at radius 2 is 1.67 bits per heavy atom. The Labute approximate surface area is 159 Å². The van der Waals surface area contributed by atoms with E-state index in [2.05, 4.69) is 10.2 Å². The minimum Gasteiger partial charge on any atom is -0.465 e. The van der Waals surface area contributed by atoms with Gasteiger partial charge in [-0.25, -0.2) is 4.79 Å². The lowest BCUT2D eigenvalue weighted by Gasteiger charge is -2.30. The largest absolute Gasteiger partial charge is 0.465 e. The minimum absolute atomic E-state index is 0.210. The third-order valence-electron chi connectivity index (χ3n) is 4.50. The quantitative estimate of drug-likeness (QED) is 0.840. The number of benzene rings is 2. The van der Waals surface area contributed by atoms with Crippen molar-refractivity contribution >= 4 is 23.3 Å². The standard InChI is InChI=1S/C21H24N2O4/c1-14-10-15(2)12-17(11-14)20(24)22-18-13-16(21(25)26-3)4-5-19(18)23-6-8-27-9-7-23/h4-5,10-13H,6-9H2,1-3H3,(H,22,24). The number of anilines is 2. The zero-order valence-electron chi connectivity index (χ0n) is 15.9. The van der Waals surface area contributed by atoms with Gasteiger partial charge in [-0.2, -0.15) is 0 Å². The molecule has 0 aliphatic carbocycles. The lowest BCUT2D eigenvalue weighted by atomic mass is 10.1. The number of amides is 1. The predicted octanol–water partition coefficient (Wildman–Crippen LogP) is 3.18. The number of nitrogens with zero attached hydrogens (tertiary/aromatic N) is 1. The molecule has 1 amide bonds. The molecule has 0 radical (unpaired) electrons. The maximum atomic E-state index is 12.8. The van der Waals surface area contributed by atoms with Crippen molar-refractivity contribution in [2.75, 3.05) is 43.6 Å². The highest BCUT2D eigenvalue weighted by atomic mass is 16.5. The third-order valence-corrected chi connectivity index (χ3v) is 4.50. The van der Waals surface area contributed by atoms with Crippen LogP contribution in [0.15, 0.2) is 36.4 Å². The van der Waals surface area contributed by atoms with Crippen molar-refractivity contribution in [1.29, 1.82) is 0 Å². The molecule has 1 N–H and O–H groups in total. The van der Waals surface area contributed by atoms with Gasteiger partial charge in [0, 0.05) is 18.7 Å². The van der Waals surface area contributed by atoms with Crippen LogP contribution in [0.2, 0.25) is 0 Å². The summed E-state index contributed by atoms with van der Waals surface area (Å²) in [6.07, 6.45) is 0. The molecule has 0 saturated carbocycles. The summed E-state index contributed by atoms with van der Waals surface area (Å²) in [5, 5.41) is 2.97. The van der Waals surface area contributed by atoms with Crippen molar-refractivity contribution in [2.45, 2.75) is 13.8 Å². The minimum atomic E-state index is -0.439. The van der Waals surface area contributed by atoms with Gasteiger partial charge < -0.3 is 19.7 Å². The Kier molecular flexibility index (Phi) is 5.76. The first kappa shape index (κ1) is 18.9. The average molecular weight is 368 g/mol. The summed E-state index contributed by atoms with van der Waals surface area (Å²) in [6, 6.07) is 10.9. The Hall–Kier alpha value is -2.86. The number of aryl methyl sites for hydroxylation is 2. The molecule has 1 aliphatic heterocycles. The first-order chi connectivity index (χ1) is 13.0. The highest BCUT2D eigenvalue weighted by Crippen LogP contribution is 2.29. The van der Waals surface area contributed by atoms with E-state index < -0.39 is 5.97 Å². The molecule has 1 aliphatic rings. The molecule has 2 aromatic rings. The van der Waals surface area contributed by atoms with Crippen LogP contribution in [0.25, 0.3) is 0 Å². The fourth-order valence-electron chi connectivity index (χ4n) is 3.26. The topological polar surface area (TPSA) is 67.9 Å². The van der Waals surface area contributed by atoms with Crippen LogP contribution >= 0.6 is 0 Å². The Bertz CT molecular complexity index is 837. The number of hydrogen-bond acceptors (Lipinski definition) is 5. The molecular weight excluding hydrogens is 344 g/mol. The van der Waals surface area contributed by atoms with Crippen LogP contribution in [0.5, 0.6) is 0 Å². The van der Waals surface area contributed by atoms with Crippen molar-refractivity contribution in [3.05, 3.63) is 58.7 Å². The Morgan fingerprint density at radius 3 is 2.30 bits per heavy atom. The number of rotatable bonds is 4. The fourth-order valence-corrected chi connectivity index (χ4v) is 3.26. The summed E-state index contributed by atoms with van der Waals surface area (Å²) in [5.74, 6) is -0.649. The zero-order valence-corrected chi connectivity index (χ0v) is 15.9. The van der Waals surface area contributed by atoms with Crippen LogP contribution in [0.4, 0.5) is 11.4 Å². The van der Waals surface area contributed by atoms with Gasteiger partial charge in [-0.15, -0.1) is 0 Å². The van der Waals surface area contributed by atoms with Crippen LogP contribution in [0.1, 0.15) is 31.8 Å². The van der Waals surface area contributed by atoms with E-state index in [1.54, 1.807) is 12.1 Å². The van der Waals surface area contributed by atoms with Gasteiger partial charge in [-0.1, -0.05) is 17.2 Å². The number of carbonyl (C=O) groups excluding carboxylic acids is 2. The molecule has 27 heavy (non-hydrogen) atoms. The smallest absolute Gasteiger partial charge is 0.337 e. The maximum Gasteiger partial charge on any atom is 0.337 e. The second-order valence-corrected chi connectivity index (χ2v) is 6.65. The molecule has 1 saturated heterocycles. The van der Waals surface area contributed by atoms with E-state index >= 15 is 0 Å². The van der Waals surface area contributed by atoms with E-state index in [4.69, 9.17) is 9.47 Å². The van der Waals surface area contributed by atoms with Gasteiger partial charge in [-0.3, -0.25) is 4.79 Å². The number of carbonyl (C=O) groups is 2. The van der Waals surface area contributed by atoms with Crippen LogP contribution in [0.3, 0.4) is 0 Å². The maximum absolute atomic E-state index is 12.8. The second-order valence-electron chi connectivity index (χ2n) is 6.65. The molecule has 0 unspecified atom stereocenters. The summed E-state index contributed by atoms with van der Waals surface area (Å²) < 4.78 is 10.2. The third kappa shape index (κ3) is 4.46. The molecule has 0 atom stereocenters. The second kappa shape index (κ2) is 8.22. The van der Waals surface area contributed by atoms with Crippen LogP contribution in [-0.2, 0) is 9.47 Å². The van der Waals surface area contributed by atoms with Gasteiger partial charge >= 0.3 is 5.97 Å². The number of morpholine rings is 1. The highest BCUT2D eigenvalue weighted by molar-refractivity contribution is 6.07. The molecule has 142 valence electrons. The Morgan fingerprint density at radius 1 is 1.00 bits per heavy atom. The van der Waals surface area contributed by atoms with E-state index in [-0.39, 0.29) is 5.91 Å². The summed E-state index contributed by atoms with van der Waals surface area (Å²) in [4.78, 5) is 26.9. The highest BCUT2D eigenvalue weighted by Gasteiger charge is 2.19. The van der Waals surface area contributed by atoms with Crippen molar-refractivity contribution in [3.63, 3.8) is 0 Å². The lowest BCUT2D eigenvalue weighted by Crippen LogP contribution is -2.36. The number of nitrogens with one attached hydrogen (secondary N) is 1. The predicted molar refractivity (Wildman–Crippen MR) is 105 cm³/mol. The molecule has 0 bridgehead atoms. The van der Waals surface area contributed by atoms with Crippen molar-refractivity contribution < 1.29 is 19.1 Å². The molecule has 2 aromatic carbocycles. The Balaban J connectivity index is 1.94. The number of esters is 1.